The molecule has 0 aromatic heterocycles. The molecule has 0 aliphatic carbocycles. The molecule has 0 bridgehead atoms. The number of aryl methyl sites for hydroxylation is 2. The number of hydrogen-bond acceptors (Lipinski definition) is 3. The lowest BCUT2D eigenvalue weighted by molar-refractivity contribution is 0.487. The molecule has 0 N–H and O–H groups in total. The first kappa shape index (κ1) is 24.6. The zero-order valence-corrected chi connectivity index (χ0v) is 23.7. The van der Waals surface area contributed by atoms with Crippen LogP contribution in [0.15, 0.2) is 140 Å². The molecule has 0 radical (unpaired) electrons. The van der Waals surface area contributed by atoms with Gasteiger partial charge in [0.15, 0.2) is 0 Å². The fraction of sp³-hybridized carbons (Fsp3) is 0.0526. The molecular formula is C38H29BN2O. The lowest BCUT2D eigenvalue weighted by Gasteiger charge is -2.40. The van der Waals surface area contributed by atoms with Crippen LogP contribution in [0.1, 0.15) is 11.1 Å². The number of fused-ring (bicyclic) bond motifs is 4. The van der Waals surface area contributed by atoms with E-state index in [-0.39, 0.29) is 6.71 Å². The summed E-state index contributed by atoms with van der Waals surface area (Å²) in [5.74, 6) is 1.81. The summed E-state index contributed by atoms with van der Waals surface area (Å²) in [5, 5.41) is 0. The highest BCUT2D eigenvalue weighted by molar-refractivity contribution is 6.99. The quantitative estimate of drug-likeness (QED) is 0.210. The number of anilines is 6. The lowest BCUT2D eigenvalue weighted by atomic mass is 9.34. The van der Waals surface area contributed by atoms with Crippen LogP contribution >= 0.6 is 0 Å². The van der Waals surface area contributed by atoms with Crippen LogP contribution in [-0.4, -0.2) is 6.71 Å². The predicted molar refractivity (Wildman–Crippen MR) is 176 cm³/mol. The Labute approximate surface area is 247 Å². The van der Waals surface area contributed by atoms with Crippen molar-refractivity contribution in [2.45, 2.75) is 13.8 Å². The van der Waals surface area contributed by atoms with Crippen molar-refractivity contribution in [2.75, 3.05) is 9.80 Å². The first-order chi connectivity index (χ1) is 20.7. The topological polar surface area (TPSA) is 15.7 Å². The van der Waals surface area contributed by atoms with Crippen LogP contribution in [0, 0.1) is 13.8 Å². The van der Waals surface area contributed by atoms with E-state index in [1.54, 1.807) is 0 Å². The molecule has 6 aromatic rings. The number of ether oxygens (including phenoxy) is 1. The molecule has 0 spiro atoms. The Kier molecular flexibility index (Phi) is 5.68. The van der Waals surface area contributed by atoms with E-state index in [9.17, 15) is 0 Å². The first-order valence-electron chi connectivity index (χ1n) is 14.5. The van der Waals surface area contributed by atoms with Crippen LogP contribution in [-0.2, 0) is 0 Å². The minimum atomic E-state index is 0.0764. The molecule has 0 unspecified atom stereocenters. The molecule has 2 aliphatic rings. The van der Waals surface area contributed by atoms with Gasteiger partial charge in [0.2, 0.25) is 0 Å². The second-order valence-corrected chi connectivity index (χ2v) is 11.2. The van der Waals surface area contributed by atoms with E-state index in [4.69, 9.17) is 4.74 Å². The second kappa shape index (κ2) is 9.71. The normalized spacial score (nSPS) is 12.6. The standard InChI is InChI=1S/C38H29BN2O/c1-26-16-19-30(20-17-26)41-34-23-18-27(2)24-33(34)39-32-22-21-31(25-37(32)42-36-15-9-14-35(41)38(36)39)40(28-10-5-3-6-11-28)29-12-7-4-8-13-29/h3-25H,1-2H3. The Bertz CT molecular complexity index is 1900. The summed E-state index contributed by atoms with van der Waals surface area (Å²) in [4.78, 5) is 4.67. The van der Waals surface area contributed by atoms with Crippen LogP contribution in [0.25, 0.3) is 0 Å². The number of nitrogens with zero attached hydrogens (tertiary/aromatic N) is 2. The Hall–Kier alpha value is -5.22. The number of rotatable bonds is 4. The monoisotopic (exact) mass is 540 g/mol. The van der Waals surface area contributed by atoms with Gasteiger partial charge in [-0.25, -0.2) is 0 Å². The summed E-state index contributed by atoms with van der Waals surface area (Å²) in [6, 6.07) is 49.8. The Morgan fingerprint density at radius 2 is 1.21 bits per heavy atom. The molecule has 200 valence electrons. The number of hydrogen-bond donors (Lipinski definition) is 0. The zero-order valence-electron chi connectivity index (χ0n) is 23.7. The molecule has 6 aromatic carbocycles. The van der Waals surface area contributed by atoms with Crippen LogP contribution in [0.5, 0.6) is 11.5 Å². The Morgan fingerprint density at radius 3 is 1.93 bits per heavy atom. The summed E-state index contributed by atoms with van der Waals surface area (Å²) >= 11 is 0. The summed E-state index contributed by atoms with van der Waals surface area (Å²) < 4.78 is 6.78. The average molecular weight is 540 g/mol. The molecule has 0 atom stereocenters. The minimum Gasteiger partial charge on any atom is -0.458 e. The van der Waals surface area contributed by atoms with Crippen molar-refractivity contribution >= 4 is 57.2 Å². The van der Waals surface area contributed by atoms with E-state index in [0.29, 0.717) is 0 Å². The average Bonchev–Trinajstić information content (AvgIpc) is 3.03. The van der Waals surface area contributed by atoms with Gasteiger partial charge in [-0.1, -0.05) is 83.9 Å². The molecule has 8 rings (SSSR count). The highest BCUT2D eigenvalue weighted by Gasteiger charge is 2.41. The first-order valence-corrected chi connectivity index (χ1v) is 14.5. The van der Waals surface area contributed by atoms with Crippen molar-refractivity contribution in [1.29, 1.82) is 0 Å². The van der Waals surface area contributed by atoms with E-state index in [1.165, 1.54) is 38.9 Å². The second-order valence-electron chi connectivity index (χ2n) is 11.2. The fourth-order valence-corrected chi connectivity index (χ4v) is 6.50. The third-order valence-corrected chi connectivity index (χ3v) is 8.41. The van der Waals surface area contributed by atoms with Gasteiger partial charge < -0.3 is 14.5 Å². The molecule has 0 fully saturated rings. The van der Waals surface area contributed by atoms with E-state index in [1.807, 2.05) is 0 Å². The molecule has 2 aliphatic heterocycles. The fourth-order valence-electron chi connectivity index (χ4n) is 6.50. The minimum absolute atomic E-state index is 0.0764. The van der Waals surface area contributed by atoms with E-state index < -0.39 is 0 Å². The van der Waals surface area contributed by atoms with Gasteiger partial charge in [-0.15, -0.1) is 0 Å². The van der Waals surface area contributed by atoms with Crippen LogP contribution < -0.4 is 30.9 Å². The van der Waals surface area contributed by atoms with Crippen molar-refractivity contribution in [2.24, 2.45) is 0 Å². The van der Waals surface area contributed by atoms with Crippen molar-refractivity contribution in [1.82, 2.24) is 0 Å². The highest BCUT2D eigenvalue weighted by Crippen LogP contribution is 2.42. The molecule has 2 heterocycles. The van der Waals surface area contributed by atoms with Crippen LogP contribution in [0.3, 0.4) is 0 Å². The molecule has 0 saturated carbocycles. The molecule has 4 heteroatoms. The van der Waals surface area contributed by atoms with Gasteiger partial charge in [0.1, 0.15) is 11.5 Å². The largest absolute Gasteiger partial charge is 0.458 e. The molecule has 3 nitrogen and oxygen atoms in total. The smallest absolute Gasteiger partial charge is 0.256 e. The van der Waals surface area contributed by atoms with E-state index >= 15 is 0 Å². The number of benzene rings is 6. The van der Waals surface area contributed by atoms with Crippen LogP contribution in [0.4, 0.5) is 34.1 Å². The maximum absolute atomic E-state index is 6.78. The summed E-state index contributed by atoms with van der Waals surface area (Å²) in [7, 11) is 0. The summed E-state index contributed by atoms with van der Waals surface area (Å²) in [6.07, 6.45) is 0. The van der Waals surface area contributed by atoms with Gasteiger partial charge in [-0.05, 0) is 90.9 Å². The van der Waals surface area contributed by atoms with Gasteiger partial charge in [0, 0.05) is 40.2 Å². The van der Waals surface area contributed by atoms with Crippen LogP contribution in [0.2, 0.25) is 0 Å². The Morgan fingerprint density at radius 1 is 0.524 bits per heavy atom. The maximum Gasteiger partial charge on any atom is 0.256 e. The van der Waals surface area contributed by atoms with Crippen molar-refractivity contribution < 1.29 is 4.74 Å². The van der Waals surface area contributed by atoms with Crippen molar-refractivity contribution in [3.8, 4) is 11.5 Å². The third kappa shape index (κ3) is 3.91. The maximum atomic E-state index is 6.78. The highest BCUT2D eigenvalue weighted by atomic mass is 16.5. The van der Waals surface area contributed by atoms with Gasteiger partial charge in [0.05, 0.1) is 0 Å². The van der Waals surface area contributed by atoms with Gasteiger partial charge in [-0.3, -0.25) is 0 Å². The lowest BCUT2D eigenvalue weighted by Crippen LogP contribution is -2.59. The predicted octanol–water partition coefficient (Wildman–Crippen LogP) is 8.18. The molecule has 0 saturated heterocycles. The zero-order chi connectivity index (χ0) is 28.2. The summed E-state index contributed by atoms with van der Waals surface area (Å²) in [5.41, 5.74) is 13.0. The van der Waals surface area contributed by atoms with Crippen molar-refractivity contribution in [3.05, 3.63) is 151 Å². The summed E-state index contributed by atoms with van der Waals surface area (Å²) in [6.45, 7) is 4.39. The van der Waals surface area contributed by atoms with E-state index in [2.05, 4.69) is 163 Å². The molecular weight excluding hydrogens is 511 g/mol. The third-order valence-electron chi connectivity index (χ3n) is 8.41. The Balaban J connectivity index is 1.32. The van der Waals surface area contributed by atoms with E-state index in [0.717, 1.165) is 34.2 Å². The van der Waals surface area contributed by atoms with Gasteiger partial charge >= 0.3 is 0 Å². The van der Waals surface area contributed by atoms with Gasteiger partial charge in [0.25, 0.3) is 6.71 Å². The molecule has 42 heavy (non-hydrogen) atoms. The number of para-hydroxylation sites is 2. The van der Waals surface area contributed by atoms with Gasteiger partial charge in [-0.2, -0.15) is 0 Å². The molecule has 0 amide bonds. The van der Waals surface area contributed by atoms with Crippen molar-refractivity contribution in [3.63, 3.8) is 0 Å². The SMILES string of the molecule is Cc1ccc(N2c3ccc(C)cc3B3c4ccc(N(c5ccccc5)c5ccccc5)cc4Oc4cccc2c43)cc1.